The van der Waals surface area contributed by atoms with Crippen molar-refractivity contribution >= 4 is 35.0 Å². The lowest BCUT2D eigenvalue weighted by Crippen LogP contribution is -2.23. The van der Waals surface area contributed by atoms with Gasteiger partial charge in [0.15, 0.2) is 5.16 Å². The van der Waals surface area contributed by atoms with Crippen molar-refractivity contribution in [3.05, 3.63) is 40.7 Å². The van der Waals surface area contributed by atoms with Crippen LogP contribution < -0.4 is 5.32 Å². The van der Waals surface area contributed by atoms with Crippen LogP contribution in [0.2, 0.25) is 5.02 Å². The molecule has 24 heavy (non-hydrogen) atoms. The largest absolute Gasteiger partial charge is 0.325 e. The van der Waals surface area contributed by atoms with Crippen LogP contribution in [0.5, 0.6) is 0 Å². The van der Waals surface area contributed by atoms with Gasteiger partial charge in [0.25, 0.3) is 0 Å². The topological polar surface area (TPSA) is 46.9 Å². The van der Waals surface area contributed by atoms with Crippen molar-refractivity contribution in [3.8, 4) is 0 Å². The molecule has 1 aromatic heterocycles. The van der Waals surface area contributed by atoms with Gasteiger partial charge in [0.1, 0.15) is 0 Å². The average Bonchev–Trinajstić information content (AvgIpc) is 2.76. The zero-order valence-electron chi connectivity index (χ0n) is 14.8. The van der Waals surface area contributed by atoms with Crippen molar-refractivity contribution in [2.45, 2.75) is 51.6 Å². The molecule has 4 nitrogen and oxygen atoms in total. The van der Waals surface area contributed by atoms with E-state index in [9.17, 15) is 4.79 Å². The van der Waals surface area contributed by atoms with Gasteiger partial charge in [-0.1, -0.05) is 37.2 Å². The van der Waals surface area contributed by atoms with E-state index in [4.69, 9.17) is 11.6 Å². The summed E-state index contributed by atoms with van der Waals surface area (Å²) < 4.78 is 2.21. The number of nitrogens with zero attached hydrogens (tertiary/aromatic N) is 2. The zero-order chi connectivity index (χ0) is 17.9. The lowest BCUT2D eigenvalue weighted by Gasteiger charge is -2.15. The number of amides is 1. The fourth-order valence-corrected chi connectivity index (χ4v) is 3.42. The van der Waals surface area contributed by atoms with Crippen molar-refractivity contribution in [2.75, 3.05) is 5.32 Å². The molecular formula is C18H24ClN3OS. The Morgan fingerprint density at radius 1 is 1.25 bits per heavy atom. The quantitative estimate of drug-likeness (QED) is 0.738. The molecular weight excluding hydrogens is 342 g/mol. The highest BCUT2D eigenvalue weighted by molar-refractivity contribution is 8.00. The number of anilines is 1. The molecule has 1 amide bonds. The standard InChI is InChI=1S/C18H24ClN3OS/c1-11(2)10-22-13(4)12(3)20-18(22)24-14(5)17(23)21-16-8-6-15(19)7-9-16/h6-9,11,14H,10H2,1-5H3,(H,21,23). The lowest BCUT2D eigenvalue weighted by molar-refractivity contribution is -0.115. The summed E-state index contributed by atoms with van der Waals surface area (Å²) in [6, 6.07) is 7.12. The summed E-state index contributed by atoms with van der Waals surface area (Å²) in [6.07, 6.45) is 0. The highest BCUT2D eigenvalue weighted by Crippen LogP contribution is 2.27. The van der Waals surface area contributed by atoms with E-state index >= 15 is 0 Å². The van der Waals surface area contributed by atoms with Gasteiger partial charge in [-0.05, 0) is 51.0 Å². The highest BCUT2D eigenvalue weighted by atomic mass is 35.5. The minimum Gasteiger partial charge on any atom is -0.325 e. The van der Waals surface area contributed by atoms with Crippen LogP contribution in [0.15, 0.2) is 29.4 Å². The third kappa shape index (κ3) is 4.77. The van der Waals surface area contributed by atoms with Gasteiger partial charge < -0.3 is 9.88 Å². The van der Waals surface area contributed by atoms with Gasteiger partial charge >= 0.3 is 0 Å². The van der Waals surface area contributed by atoms with Crippen molar-refractivity contribution < 1.29 is 4.79 Å². The van der Waals surface area contributed by atoms with Crippen LogP contribution in [0, 0.1) is 19.8 Å². The van der Waals surface area contributed by atoms with E-state index in [1.54, 1.807) is 24.3 Å². The fourth-order valence-electron chi connectivity index (χ4n) is 2.28. The van der Waals surface area contributed by atoms with E-state index in [0.717, 1.165) is 28.8 Å². The summed E-state index contributed by atoms with van der Waals surface area (Å²) in [5, 5.41) is 4.22. The van der Waals surface area contributed by atoms with Crippen LogP contribution in [0.1, 0.15) is 32.2 Å². The van der Waals surface area contributed by atoms with Crippen LogP contribution in [0.25, 0.3) is 0 Å². The zero-order valence-corrected chi connectivity index (χ0v) is 16.3. The number of nitrogens with one attached hydrogen (secondary N) is 1. The molecule has 130 valence electrons. The summed E-state index contributed by atoms with van der Waals surface area (Å²) in [5.74, 6) is 0.478. The van der Waals surface area contributed by atoms with Crippen molar-refractivity contribution in [1.29, 1.82) is 0 Å². The first-order chi connectivity index (χ1) is 11.3. The Morgan fingerprint density at radius 2 is 1.88 bits per heavy atom. The predicted octanol–water partition coefficient (Wildman–Crippen LogP) is 4.93. The number of halogens is 1. The molecule has 2 rings (SSSR count). The van der Waals surface area contributed by atoms with Gasteiger partial charge in [-0.25, -0.2) is 4.98 Å². The third-order valence-corrected chi connectivity index (χ3v) is 5.08. The van der Waals surface area contributed by atoms with Crippen LogP contribution in [-0.4, -0.2) is 20.7 Å². The van der Waals surface area contributed by atoms with Crippen LogP contribution >= 0.6 is 23.4 Å². The Balaban J connectivity index is 2.08. The van der Waals surface area contributed by atoms with Gasteiger partial charge in [-0.15, -0.1) is 0 Å². The Bertz CT molecular complexity index is 710. The number of aromatic nitrogens is 2. The smallest absolute Gasteiger partial charge is 0.237 e. The van der Waals surface area contributed by atoms with E-state index in [2.05, 4.69) is 35.6 Å². The maximum Gasteiger partial charge on any atom is 0.237 e. The number of hydrogen-bond donors (Lipinski definition) is 1. The molecule has 0 aliphatic carbocycles. The molecule has 0 bridgehead atoms. The number of hydrogen-bond acceptors (Lipinski definition) is 3. The van der Waals surface area contributed by atoms with Gasteiger partial charge in [-0.3, -0.25) is 4.79 Å². The van der Waals surface area contributed by atoms with E-state index in [1.807, 2.05) is 13.8 Å². The number of aryl methyl sites for hydroxylation is 1. The maximum absolute atomic E-state index is 12.4. The number of rotatable bonds is 6. The molecule has 0 aliphatic heterocycles. The summed E-state index contributed by atoms with van der Waals surface area (Å²) in [7, 11) is 0. The number of imidazole rings is 1. The van der Waals surface area contributed by atoms with Crippen molar-refractivity contribution in [2.24, 2.45) is 5.92 Å². The van der Waals surface area contributed by atoms with Crippen molar-refractivity contribution in [1.82, 2.24) is 9.55 Å². The normalized spacial score (nSPS) is 12.5. The Morgan fingerprint density at radius 3 is 2.46 bits per heavy atom. The van der Waals surface area contributed by atoms with E-state index < -0.39 is 0 Å². The summed E-state index contributed by atoms with van der Waals surface area (Å²) >= 11 is 7.36. The first-order valence-electron chi connectivity index (χ1n) is 8.04. The number of carbonyl (C=O) groups excluding carboxylic acids is 1. The summed E-state index contributed by atoms with van der Waals surface area (Å²) in [5.41, 5.74) is 2.93. The molecule has 0 fully saturated rings. The van der Waals surface area contributed by atoms with E-state index in [0.29, 0.717) is 10.9 Å². The van der Waals surface area contributed by atoms with Crippen LogP contribution in [-0.2, 0) is 11.3 Å². The molecule has 1 heterocycles. The minimum absolute atomic E-state index is 0.0447. The molecule has 2 aromatic rings. The minimum atomic E-state index is -0.243. The number of benzene rings is 1. The molecule has 0 radical (unpaired) electrons. The molecule has 1 atom stereocenters. The Hall–Kier alpha value is -1.46. The number of thioether (sulfide) groups is 1. The van der Waals surface area contributed by atoms with Crippen molar-refractivity contribution in [3.63, 3.8) is 0 Å². The molecule has 0 saturated heterocycles. The molecule has 6 heteroatoms. The molecule has 0 aliphatic rings. The van der Waals surface area contributed by atoms with Gasteiger partial charge in [0, 0.05) is 22.9 Å². The van der Waals surface area contributed by atoms with E-state index in [-0.39, 0.29) is 11.2 Å². The second-order valence-electron chi connectivity index (χ2n) is 6.33. The average molecular weight is 366 g/mol. The first-order valence-corrected chi connectivity index (χ1v) is 9.30. The summed E-state index contributed by atoms with van der Waals surface area (Å²) in [6.45, 7) is 11.2. The summed E-state index contributed by atoms with van der Waals surface area (Å²) in [4.78, 5) is 17.1. The molecule has 1 aromatic carbocycles. The molecule has 0 spiro atoms. The lowest BCUT2D eigenvalue weighted by atomic mass is 10.2. The first kappa shape index (κ1) is 18.9. The second-order valence-corrected chi connectivity index (χ2v) is 8.07. The monoisotopic (exact) mass is 365 g/mol. The predicted molar refractivity (Wildman–Crippen MR) is 102 cm³/mol. The van der Waals surface area contributed by atoms with E-state index in [1.165, 1.54) is 11.8 Å². The van der Waals surface area contributed by atoms with Gasteiger partial charge in [-0.2, -0.15) is 0 Å². The van der Waals surface area contributed by atoms with Crippen LogP contribution in [0.4, 0.5) is 5.69 Å². The number of carbonyl (C=O) groups is 1. The molecule has 1 N–H and O–H groups in total. The molecule has 0 saturated carbocycles. The van der Waals surface area contributed by atoms with Gasteiger partial charge in [0.2, 0.25) is 5.91 Å². The highest BCUT2D eigenvalue weighted by Gasteiger charge is 2.20. The SMILES string of the molecule is Cc1nc(SC(C)C(=O)Nc2ccc(Cl)cc2)n(CC(C)C)c1C. The van der Waals surface area contributed by atoms with Gasteiger partial charge in [0.05, 0.1) is 10.9 Å². The molecule has 1 unspecified atom stereocenters. The van der Waals surface area contributed by atoms with Crippen LogP contribution in [0.3, 0.4) is 0 Å². The second kappa shape index (κ2) is 8.08. The third-order valence-electron chi connectivity index (χ3n) is 3.73. The Labute approximate surface area is 153 Å². The Kier molecular flexibility index (Phi) is 6.35. The maximum atomic E-state index is 12.4. The fraction of sp³-hybridized carbons (Fsp3) is 0.444.